The van der Waals surface area contributed by atoms with Gasteiger partial charge >= 0.3 is 0 Å². The second-order valence-corrected chi connectivity index (χ2v) is 3.34. The van der Waals surface area contributed by atoms with Crippen molar-refractivity contribution in [3.8, 4) is 5.75 Å². The molecule has 1 aliphatic rings. The Hall–Kier alpha value is -1.28. The van der Waals surface area contributed by atoms with Gasteiger partial charge in [-0.25, -0.2) is 5.32 Å². The molecule has 14 heavy (non-hydrogen) atoms. The fourth-order valence-corrected chi connectivity index (χ4v) is 1.63. The lowest BCUT2D eigenvalue weighted by Gasteiger charge is -2.13. The van der Waals surface area contributed by atoms with Crippen molar-refractivity contribution in [3.05, 3.63) is 35.9 Å². The van der Waals surface area contributed by atoms with Crippen molar-refractivity contribution in [2.24, 2.45) is 0 Å². The lowest BCUT2D eigenvalue weighted by molar-refractivity contribution is 0.415. The van der Waals surface area contributed by atoms with Gasteiger partial charge in [-0.15, -0.1) is 0 Å². The van der Waals surface area contributed by atoms with E-state index in [1.54, 1.807) is 7.11 Å². The first-order valence-electron chi connectivity index (χ1n) is 4.87. The summed E-state index contributed by atoms with van der Waals surface area (Å²) in [4.78, 5) is 0. The van der Waals surface area contributed by atoms with Gasteiger partial charge in [0.05, 0.1) is 7.11 Å². The van der Waals surface area contributed by atoms with E-state index < -0.39 is 0 Å². The standard InChI is InChI=1S/C12H14NO/c1-14-12-4-2-10(3-5-12)11-6-8-13-9-7-11/h2-6H,7-9H2,1H3. The summed E-state index contributed by atoms with van der Waals surface area (Å²) in [6.07, 6.45) is 3.26. The minimum atomic E-state index is 0.862. The molecule has 0 spiro atoms. The zero-order valence-electron chi connectivity index (χ0n) is 8.36. The third-order valence-electron chi connectivity index (χ3n) is 2.47. The van der Waals surface area contributed by atoms with Crippen LogP contribution >= 0.6 is 0 Å². The van der Waals surface area contributed by atoms with Gasteiger partial charge in [0.25, 0.3) is 0 Å². The fourth-order valence-electron chi connectivity index (χ4n) is 1.63. The lowest BCUT2D eigenvalue weighted by atomic mass is 10.0. The maximum Gasteiger partial charge on any atom is 0.118 e. The summed E-state index contributed by atoms with van der Waals surface area (Å²) in [5, 5.41) is 4.29. The molecule has 73 valence electrons. The molecular weight excluding hydrogens is 174 g/mol. The van der Waals surface area contributed by atoms with Crippen LogP contribution in [0, 0.1) is 0 Å². The van der Waals surface area contributed by atoms with Gasteiger partial charge < -0.3 is 4.74 Å². The SMILES string of the molecule is COc1ccc(C2=CC[N]CC2)cc1. The highest BCUT2D eigenvalue weighted by Gasteiger charge is 2.05. The monoisotopic (exact) mass is 188 g/mol. The summed E-state index contributed by atoms with van der Waals surface area (Å²) in [5.41, 5.74) is 2.70. The molecule has 0 amide bonds. The van der Waals surface area contributed by atoms with E-state index in [2.05, 4.69) is 23.5 Å². The Bertz CT molecular complexity index is 327. The van der Waals surface area contributed by atoms with Crippen LogP contribution in [0.1, 0.15) is 12.0 Å². The van der Waals surface area contributed by atoms with E-state index in [1.165, 1.54) is 11.1 Å². The van der Waals surface area contributed by atoms with Crippen LogP contribution < -0.4 is 10.1 Å². The third kappa shape index (κ3) is 1.96. The molecule has 1 aliphatic heterocycles. The molecule has 0 unspecified atom stereocenters. The van der Waals surface area contributed by atoms with E-state index in [0.717, 1.165) is 25.3 Å². The highest BCUT2D eigenvalue weighted by molar-refractivity contribution is 5.67. The van der Waals surface area contributed by atoms with Gasteiger partial charge in [-0.1, -0.05) is 18.2 Å². The van der Waals surface area contributed by atoms with Crippen LogP contribution in [0.25, 0.3) is 5.57 Å². The fraction of sp³-hybridized carbons (Fsp3) is 0.333. The Morgan fingerprint density at radius 2 is 2.00 bits per heavy atom. The van der Waals surface area contributed by atoms with Gasteiger partial charge in [-0.3, -0.25) is 0 Å². The van der Waals surface area contributed by atoms with Crippen molar-refractivity contribution < 1.29 is 4.74 Å². The normalized spacial score (nSPS) is 16.2. The quantitative estimate of drug-likeness (QED) is 0.697. The highest BCUT2D eigenvalue weighted by atomic mass is 16.5. The van der Waals surface area contributed by atoms with E-state index in [4.69, 9.17) is 4.74 Å². The molecule has 2 nitrogen and oxygen atoms in total. The predicted octanol–water partition coefficient (Wildman–Crippen LogP) is 2.09. The summed E-state index contributed by atoms with van der Waals surface area (Å²) in [6, 6.07) is 8.22. The van der Waals surface area contributed by atoms with Crippen LogP contribution in [-0.4, -0.2) is 20.2 Å². The molecule has 2 heteroatoms. The van der Waals surface area contributed by atoms with Crippen molar-refractivity contribution in [2.45, 2.75) is 6.42 Å². The van der Waals surface area contributed by atoms with E-state index >= 15 is 0 Å². The summed E-state index contributed by atoms with van der Waals surface area (Å²) in [6.45, 7) is 1.82. The van der Waals surface area contributed by atoms with Crippen LogP contribution in [0.15, 0.2) is 30.3 Å². The molecule has 0 aromatic heterocycles. The van der Waals surface area contributed by atoms with Gasteiger partial charge in [0.1, 0.15) is 5.75 Å². The topological polar surface area (TPSA) is 23.3 Å². The molecule has 0 saturated heterocycles. The van der Waals surface area contributed by atoms with Gasteiger partial charge in [-0.2, -0.15) is 0 Å². The molecule has 1 radical (unpaired) electrons. The number of ether oxygens (including phenoxy) is 1. The zero-order chi connectivity index (χ0) is 9.80. The Morgan fingerprint density at radius 1 is 1.21 bits per heavy atom. The largest absolute Gasteiger partial charge is 0.497 e. The Balaban J connectivity index is 2.19. The lowest BCUT2D eigenvalue weighted by Crippen LogP contribution is -2.12. The average Bonchev–Trinajstić information content (AvgIpc) is 2.30. The summed E-state index contributed by atoms with van der Waals surface area (Å²) < 4.78 is 5.12. The molecule has 0 bridgehead atoms. The van der Waals surface area contributed by atoms with Crippen LogP contribution in [-0.2, 0) is 0 Å². The maximum atomic E-state index is 5.12. The zero-order valence-corrected chi connectivity index (χ0v) is 8.36. The van der Waals surface area contributed by atoms with Gasteiger partial charge in [0.15, 0.2) is 0 Å². The Morgan fingerprint density at radius 3 is 2.57 bits per heavy atom. The minimum Gasteiger partial charge on any atom is -0.497 e. The van der Waals surface area contributed by atoms with Crippen LogP contribution in [0.4, 0.5) is 0 Å². The third-order valence-corrected chi connectivity index (χ3v) is 2.47. The minimum absolute atomic E-state index is 0.862. The predicted molar refractivity (Wildman–Crippen MR) is 57.5 cm³/mol. The summed E-state index contributed by atoms with van der Waals surface area (Å²) >= 11 is 0. The van der Waals surface area contributed by atoms with Crippen molar-refractivity contribution in [3.63, 3.8) is 0 Å². The number of benzene rings is 1. The Labute approximate surface area is 84.6 Å². The van der Waals surface area contributed by atoms with E-state index in [0.29, 0.717) is 0 Å². The second kappa shape index (κ2) is 4.29. The number of hydrogen-bond donors (Lipinski definition) is 0. The Kier molecular flexibility index (Phi) is 2.84. The molecule has 0 atom stereocenters. The molecule has 1 aromatic carbocycles. The number of hydrogen-bond acceptors (Lipinski definition) is 1. The molecule has 2 rings (SSSR count). The van der Waals surface area contributed by atoms with Crippen molar-refractivity contribution >= 4 is 5.57 Å². The van der Waals surface area contributed by atoms with E-state index in [9.17, 15) is 0 Å². The molecule has 0 fully saturated rings. The first kappa shape index (κ1) is 9.28. The number of nitrogens with zero attached hydrogens (tertiary/aromatic N) is 1. The number of methoxy groups -OCH3 is 1. The maximum absolute atomic E-state index is 5.12. The average molecular weight is 188 g/mol. The molecule has 0 saturated carbocycles. The first-order valence-corrected chi connectivity index (χ1v) is 4.87. The molecule has 1 heterocycles. The van der Waals surface area contributed by atoms with Gasteiger partial charge in [0, 0.05) is 13.1 Å². The van der Waals surface area contributed by atoms with Crippen LogP contribution in [0.3, 0.4) is 0 Å². The number of rotatable bonds is 2. The molecule has 0 aliphatic carbocycles. The summed E-state index contributed by atoms with van der Waals surface area (Å²) in [7, 11) is 1.69. The first-order chi connectivity index (χ1) is 6.90. The van der Waals surface area contributed by atoms with Gasteiger partial charge in [-0.05, 0) is 29.7 Å². The van der Waals surface area contributed by atoms with Crippen molar-refractivity contribution in [1.29, 1.82) is 0 Å². The van der Waals surface area contributed by atoms with Crippen molar-refractivity contribution in [1.82, 2.24) is 5.32 Å². The molecule has 0 N–H and O–H groups in total. The van der Waals surface area contributed by atoms with Crippen molar-refractivity contribution in [2.75, 3.05) is 20.2 Å². The highest BCUT2D eigenvalue weighted by Crippen LogP contribution is 2.22. The summed E-state index contributed by atoms with van der Waals surface area (Å²) in [5.74, 6) is 0.912. The molecule has 1 aromatic rings. The van der Waals surface area contributed by atoms with Crippen LogP contribution in [0.5, 0.6) is 5.75 Å². The van der Waals surface area contributed by atoms with E-state index in [-0.39, 0.29) is 0 Å². The second-order valence-electron chi connectivity index (χ2n) is 3.34. The van der Waals surface area contributed by atoms with Gasteiger partial charge in [0.2, 0.25) is 0 Å². The van der Waals surface area contributed by atoms with Crippen LogP contribution in [0.2, 0.25) is 0 Å². The molecular formula is C12H14NO. The smallest absolute Gasteiger partial charge is 0.118 e. The van der Waals surface area contributed by atoms with E-state index in [1.807, 2.05) is 12.1 Å².